The SMILES string of the molecule is CC1CCC(c2noc(-c3cc(Br)ccc3O)n2)CC1. The minimum absolute atomic E-state index is 0.153. The van der Waals surface area contributed by atoms with Gasteiger partial charge in [0.05, 0.1) is 5.56 Å². The summed E-state index contributed by atoms with van der Waals surface area (Å²) in [6.45, 7) is 2.29. The average molecular weight is 337 g/mol. The number of halogens is 1. The van der Waals surface area contributed by atoms with Gasteiger partial charge in [0.15, 0.2) is 5.82 Å². The molecule has 5 heteroatoms. The van der Waals surface area contributed by atoms with Crippen LogP contribution < -0.4 is 0 Å². The van der Waals surface area contributed by atoms with Crippen molar-refractivity contribution in [3.63, 3.8) is 0 Å². The van der Waals surface area contributed by atoms with E-state index in [-0.39, 0.29) is 5.75 Å². The summed E-state index contributed by atoms with van der Waals surface area (Å²) in [5.74, 6) is 2.49. The summed E-state index contributed by atoms with van der Waals surface area (Å²) in [6, 6.07) is 5.18. The van der Waals surface area contributed by atoms with Gasteiger partial charge in [-0.05, 0) is 37.0 Å². The number of aromatic hydroxyl groups is 1. The van der Waals surface area contributed by atoms with Gasteiger partial charge in [0, 0.05) is 10.4 Å². The molecule has 1 N–H and O–H groups in total. The van der Waals surface area contributed by atoms with Crippen LogP contribution in [0.1, 0.15) is 44.3 Å². The maximum atomic E-state index is 9.89. The molecule has 0 amide bonds. The molecule has 1 aromatic carbocycles. The molecule has 2 aromatic rings. The van der Waals surface area contributed by atoms with Gasteiger partial charge in [0.2, 0.25) is 0 Å². The van der Waals surface area contributed by atoms with Gasteiger partial charge < -0.3 is 9.63 Å². The molecule has 1 aliphatic carbocycles. The van der Waals surface area contributed by atoms with Gasteiger partial charge in [-0.15, -0.1) is 0 Å². The van der Waals surface area contributed by atoms with Gasteiger partial charge in [-0.2, -0.15) is 4.98 Å². The van der Waals surface area contributed by atoms with Crippen LogP contribution in [0.15, 0.2) is 27.2 Å². The van der Waals surface area contributed by atoms with E-state index in [0.717, 1.165) is 29.1 Å². The number of phenolic OH excluding ortho intramolecular Hbond substituents is 1. The number of rotatable bonds is 2. The van der Waals surface area contributed by atoms with Crippen molar-refractivity contribution < 1.29 is 9.63 Å². The van der Waals surface area contributed by atoms with Crippen molar-refractivity contribution in [1.29, 1.82) is 0 Å². The summed E-state index contributed by atoms with van der Waals surface area (Å²) in [6.07, 6.45) is 4.67. The average Bonchev–Trinajstić information content (AvgIpc) is 2.92. The van der Waals surface area contributed by atoms with E-state index in [4.69, 9.17) is 4.52 Å². The molecule has 20 heavy (non-hydrogen) atoms. The second kappa shape index (κ2) is 5.56. The molecule has 3 rings (SSSR count). The lowest BCUT2D eigenvalue weighted by molar-refractivity contribution is 0.328. The maximum absolute atomic E-state index is 9.89. The molecule has 106 valence electrons. The smallest absolute Gasteiger partial charge is 0.261 e. The topological polar surface area (TPSA) is 59.2 Å². The van der Waals surface area contributed by atoms with Crippen LogP contribution in [0.25, 0.3) is 11.5 Å². The molecule has 4 nitrogen and oxygen atoms in total. The molecule has 0 radical (unpaired) electrons. The number of phenols is 1. The fourth-order valence-electron chi connectivity index (χ4n) is 2.71. The summed E-state index contributed by atoms with van der Waals surface area (Å²) in [5, 5.41) is 14.0. The fourth-order valence-corrected chi connectivity index (χ4v) is 3.07. The molecule has 0 aliphatic heterocycles. The van der Waals surface area contributed by atoms with Crippen LogP contribution in [-0.2, 0) is 0 Å². The summed E-state index contributed by atoms with van der Waals surface area (Å²) in [4.78, 5) is 4.47. The van der Waals surface area contributed by atoms with Crippen LogP contribution in [0.4, 0.5) is 0 Å². The summed E-state index contributed by atoms with van der Waals surface area (Å²) < 4.78 is 6.20. The van der Waals surface area contributed by atoms with Gasteiger partial charge in [-0.25, -0.2) is 0 Å². The Morgan fingerprint density at radius 2 is 2.00 bits per heavy atom. The number of hydrogen-bond acceptors (Lipinski definition) is 4. The van der Waals surface area contributed by atoms with Gasteiger partial charge in [-0.1, -0.05) is 40.9 Å². The molecule has 0 atom stereocenters. The summed E-state index contributed by atoms with van der Waals surface area (Å²) in [7, 11) is 0. The third kappa shape index (κ3) is 2.73. The van der Waals surface area contributed by atoms with E-state index in [1.165, 1.54) is 12.8 Å². The van der Waals surface area contributed by atoms with Crippen molar-refractivity contribution >= 4 is 15.9 Å². The Morgan fingerprint density at radius 3 is 2.75 bits per heavy atom. The highest BCUT2D eigenvalue weighted by Gasteiger charge is 2.24. The van der Waals surface area contributed by atoms with Crippen LogP contribution in [0.3, 0.4) is 0 Å². The number of nitrogens with zero attached hydrogens (tertiary/aromatic N) is 2. The Balaban J connectivity index is 1.85. The Bertz CT molecular complexity index is 604. The Labute approximate surface area is 126 Å². The molecule has 1 fully saturated rings. The normalized spacial score (nSPS) is 22.9. The van der Waals surface area contributed by atoms with Crippen molar-refractivity contribution in [2.75, 3.05) is 0 Å². The van der Waals surface area contributed by atoms with Crippen LogP contribution in [0.5, 0.6) is 5.75 Å². The fraction of sp³-hybridized carbons (Fsp3) is 0.467. The predicted molar refractivity (Wildman–Crippen MR) is 79.5 cm³/mol. The van der Waals surface area contributed by atoms with Crippen molar-refractivity contribution in [3.05, 3.63) is 28.5 Å². The minimum Gasteiger partial charge on any atom is -0.507 e. The molecule has 0 saturated heterocycles. The predicted octanol–water partition coefficient (Wildman–Crippen LogP) is 4.50. The van der Waals surface area contributed by atoms with Crippen molar-refractivity contribution in [3.8, 4) is 17.2 Å². The summed E-state index contributed by atoms with van der Waals surface area (Å²) >= 11 is 3.38. The number of benzene rings is 1. The third-order valence-corrected chi connectivity index (χ3v) is 4.51. The van der Waals surface area contributed by atoms with E-state index in [1.54, 1.807) is 18.2 Å². The minimum atomic E-state index is 0.153. The summed E-state index contributed by atoms with van der Waals surface area (Å²) in [5.41, 5.74) is 0.572. The largest absolute Gasteiger partial charge is 0.507 e. The van der Waals surface area contributed by atoms with Gasteiger partial charge in [0.25, 0.3) is 5.89 Å². The number of aromatic nitrogens is 2. The molecular formula is C15H17BrN2O2. The molecule has 0 unspecified atom stereocenters. The first-order valence-electron chi connectivity index (χ1n) is 6.96. The van der Waals surface area contributed by atoms with Crippen LogP contribution in [-0.4, -0.2) is 15.2 Å². The Hall–Kier alpha value is -1.36. The zero-order chi connectivity index (χ0) is 14.1. The molecule has 1 heterocycles. The van der Waals surface area contributed by atoms with Gasteiger partial charge in [-0.3, -0.25) is 0 Å². The Morgan fingerprint density at radius 1 is 1.25 bits per heavy atom. The van der Waals surface area contributed by atoms with E-state index < -0.39 is 0 Å². The quantitative estimate of drug-likeness (QED) is 0.877. The zero-order valence-electron chi connectivity index (χ0n) is 11.3. The van der Waals surface area contributed by atoms with E-state index in [0.29, 0.717) is 17.4 Å². The van der Waals surface area contributed by atoms with Gasteiger partial charge >= 0.3 is 0 Å². The highest BCUT2D eigenvalue weighted by molar-refractivity contribution is 9.10. The van der Waals surface area contributed by atoms with Crippen LogP contribution in [0, 0.1) is 5.92 Å². The maximum Gasteiger partial charge on any atom is 0.261 e. The van der Waals surface area contributed by atoms with E-state index in [1.807, 2.05) is 0 Å². The molecule has 0 spiro atoms. The lowest BCUT2D eigenvalue weighted by Crippen LogP contribution is -2.11. The molecule has 0 bridgehead atoms. The standard InChI is InChI=1S/C15H17BrN2O2/c1-9-2-4-10(5-3-9)14-17-15(20-18-14)12-8-11(16)6-7-13(12)19/h6-10,19H,2-5H2,1H3. The van der Waals surface area contributed by atoms with Crippen LogP contribution >= 0.6 is 15.9 Å². The highest BCUT2D eigenvalue weighted by atomic mass is 79.9. The second-order valence-corrected chi connectivity index (χ2v) is 6.49. The first kappa shape index (κ1) is 13.6. The van der Waals surface area contributed by atoms with Crippen molar-refractivity contribution in [1.82, 2.24) is 10.1 Å². The number of hydrogen-bond donors (Lipinski definition) is 1. The van der Waals surface area contributed by atoms with Gasteiger partial charge in [0.1, 0.15) is 5.75 Å². The molecular weight excluding hydrogens is 320 g/mol. The monoisotopic (exact) mass is 336 g/mol. The molecule has 1 saturated carbocycles. The van der Waals surface area contributed by atoms with E-state index in [9.17, 15) is 5.11 Å². The van der Waals surface area contributed by atoms with E-state index in [2.05, 4.69) is 33.0 Å². The molecule has 1 aliphatic rings. The van der Waals surface area contributed by atoms with Crippen molar-refractivity contribution in [2.45, 2.75) is 38.5 Å². The Kier molecular flexibility index (Phi) is 3.78. The lowest BCUT2D eigenvalue weighted by atomic mass is 9.83. The van der Waals surface area contributed by atoms with Crippen LogP contribution in [0.2, 0.25) is 0 Å². The first-order valence-corrected chi connectivity index (χ1v) is 7.75. The van der Waals surface area contributed by atoms with E-state index >= 15 is 0 Å². The lowest BCUT2D eigenvalue weighted by Gasteiger charge is -2.23. The first-order chi connectivity index (χ1) is 9.63. The highest BCUT2D eigenvalue weighted by Crippen LogP contribution is 2.36. The van der Waals surface area contributed by atoms with Crippen molar-refractivity contribution in [2.24, 2.45) is 5.92 Å². The molecule has 1 aromatic heterocycles. The third-order valence-electron chi connectivity index (χ3n) is 4.01. The second-order valence-electron chi connectivity index (χ2n) is 5.58. The zero-order valence-corrected chi connectivity index (χ0v) is 12.9.